The van der Waals surface area contributed by atoms with E-state index in [4.69, 9.17) is 0 Å². The van der Waals surface area contributed by atoms with Crippen LogP contribution in [0.5, 0.6) is 0 Å². The molecule has 2 aromatic carbocycles. The summed E-state index contributed by atoms with van der Waals surface area (Å²) in [7, 11) is -3.05. The van der Waals surface area contributed by atoms with Crippen LogP contribution in [0.2, 0.25) is 0 Å². The Hall–Kier alpha value is -2.51. The average Bonchev–Trinajstić information content (AvgIpc) is 2.62. The zero-order valence-corrected chi connectivity index (χ0v) is 12.8. The van der Waals surface area contributed by atoms with Gasteiger partial charge in [0.25, 0.3) is 0 Å². The van der Waals surface area contributed by atoms with E-state index < -0.39 is 7.29 Å². The quantitative estimate of drug-likeness (QED) is 0.547. The lowest BCUT2D eigenvalue weighted by atomic mass is 10.3. The van der Waals surface area contributed by atoms with Crippen molar-refractivity contribution in [3.63, 3.8) is 0 Å². The smallest absolute Gasteiger partial charge is 0.247 e. The molecule has 0 fully saturated rings. The highest BCUT2D eigenvalue weighted by atomic mass is 31.2. The first-order valence-electron chi connectivity index (χ1n) is 6.96. The fourth-order valence-corrected chi connectivity index (χ4v) is 4.16. The lowest BCUT2D eigenvalue weighted by Crippen LogP contribution is -2.14. The van der Waals surface area contributed by atoms with Gasteiger partial charge in [0.2, 0.25) is 7.29 Å². The van der Waals surface area contributed by atoms with E-state index in [2.05, 4.69) is 9.75 Å². The molecule has 0 aliphatic carbocycles. The highest BCUT2D eigenvalue weighted by Gasteiger charge is 2.25. The van der Waals surface area contributed by atoms with Crippen LogP contribution < -0.4 is 10.6 Å². The molecule has 4 heteroatoms. The minimum atomic E-state index is -3.05. The predicted molar refractivity (Wildman–Crippen MR) is 91.6 cm³/mol. The van der Waals surface area contributed by atoms with Gasteiger partial charge in [-0.3, -0.25) is 9.55 Å². The standard InChI is InChI=1S/C18H15N2OP/c21-22(17-9-3-1-4-10-17,18-11-5-2-6-12-18)20-15-16-8-7-13-19-14-16/h1-15H/b20-15+. The first-order chi connectivity index (χ1) is 10.8. The maximum Gasteiger partial charge on any atom is 0.247 e. The van der Waals surface area contributed by atoms with E-state index in [1.807, 2.05) is 72.8 Å². The van der Waals surface area contributed by atoms with Crippen LogP contribution in [0, 0.1) is 0 Å². The summed E-state index contributed by atoms with van der Waals surface area (Å²) in [5, 5.41) is 1.45. The van der Waals surface area contributed by atoms with Crippen LogP contribution in [0.3, 0.4) is 0 Å². The maximum absolute atomic E-state index is 13.6. The molecular formula is C18H15N2OP. The lowest BCUT2D eigenvalue weighted by Gasteiger charge is -2.14. The van der Waals surface area contributed by atoms with Crippen LogP contribution in [0.1, 0.15) is 5.56 Å². The zero-order chi connectivity index (χ0) is 15.3. The van der Waals surface area contributed by atoms with Gasteiger partial charge in [0.05, 0.1) is 0 Å². The Morgan fingerprint density at radius 1 is 0.818 bits per heavy atom. The summed E-state index contributed by atoms with van der Waals surface area (Å²) >= 11 is 0. The van der Waals surface area contributed by atoms with Crippen LogP contribution in [0.15, 0.2) is 90.0 Å². The van der Waals surface area contributed by atoms with E-state index in [1.165, 1.54) is 0 Å². The van der Waals surface area contributed by atoms with Crippen molar-refractivity contribution in [2.24, 2.45) is 4.76 Å². The van der Waals surface area contributed by atoms with E-state index in [-0.39, 0.29) is 0 Å². The Morgan fingerprint density at radius 3 is 1.91 bits per heavy atom. The minimum Gasteiger partial charge on any atom is -0.288 e. The molecule has 0 aliphatic heterocycles. The minimum absolute atomic E-state index is 0.723. The molecule has 1 heterocycles. The summed E-state index contributed by atoms with van der Waals surface area (Å²) < 4.78 is 18.0. The zero-order valence-electron chi connectivity index (χ0n) is 11.9. The number of pyridine rings is 1. The lowest BCUT2D eigenvalue weighted by molar-refractivity contribution is 0.588. The summed E-state index contributed by atoms with van der Waals surface area (Å²) in [6.07, 6.45) is 5.03. The van der Waals surface area contributed by atoms with Crippen LogP contribution in [-0.2, 0) is 4.57 Å². The first-order valence-corrected chi connectivity index (χ1v) is 8.62. The van der Waals surface area contributed by atoms with Gasteiger partial charge in [-0.15, -0.1) is 0 Å². The number of aromatic nitrogens is 1. The molecule has 0 N–H and O–H groups in total. The van der Waals surface area contributed by atoms with E-state index in [0.717, 1.165) is 16.2 Å². The first kappa shape index (κ1) is 14.4. The van der Waals surface area contributed by atoms with Crippen molar-refractivity contribution in [3.8, 4) is 0 Å². The second kappa shape index (κ2) is 6.50. The molecule has 0 bridgehead atoms. The summed E-state index contributed by atoms with van der Waals surface area (Å²) in [6.45, 7) is 0. The Bertz CT molecular complexity index is 759. The van der Waals surface area contributed by atoms with Gasteiger partial charge in [0.1, 0.15) is 0 Å². The molecule has 108 valence electrons. The van der Waals surface area contributed by atoms with Crippen molar-refractivity contribution in [1.29, 1.82) is 0 Å². The monoisotopic (exact) mass is 306 g/mol. The molecule has 0 aliphatic rings. The van der Waals surface area contributed by atoms with E-state index in [0.29, 0.717) is 0 Å². The van der Waals surface area contributed by atoms with Crippen molar-refractivity contribution in [3.05, 3.63) is 90.8 Å². The second-order valence-corrected chi connectivity index (χ2v) is 7.19. The maximum atomic E-state index is 13.6. The molecule has 3 nitrogen and oxygen atoms in total. The molecule has 0 radical (unpaired) electrons. The van der Waals surface area contributed by atoms with Crippen molar-refractivity contribution >= 4 is 24.1 Å². The van der Waals surface area contributed by atoms with Crippen molar-refractivity contribution in [1.82, 2.24) is 4.98 Å². The van der Waals surface area contributed by atoms with E-state index in [9.17, 15) is 4.57 Å². The molecule has 0 saturated heterocycles. The molecule has 0 amide bonds. The summed E-state index contributed by atoms with van der Waals surface area (Å²) in [5.41, 5.74) is 0.828. The van der Waals surface area contributed by atoms with Gasteiger partial charge < -0.3 is 0 Å². The van der Waals surface area contributed by atoms with Gasteiger partial charge in [-0.2, -0.15) is 0 Å². The number of rotatable bonds is 4. The molecule has 0 spiro atoms. The van der Waals surface area contributed by atoms with Gasteiger partial charge in [-0.05, 0) is 30.3 Å². The van der Waals surface area contributed by atoms with E-state index in [1.54, 1.807) is 18.6 Å². The van der Waals surface area contributed by atoms with Gasteiger partial charge in [-0.1, -0.05) is 42.5 Å². The summed E-state index contributed by atoms with van der Waals surface area (Å²) in [6, 6.07) is 22.5. The Labute approximate surface area is 129 Å². The van der Waals surface area contributed by atoms with Crippen molar-refractivity contribution in [2.75, 3.05) is 0 Å². The Balaban J connectivity index is 2.09. The summed E-state index contributed by atoms with van der Waals surface area (Å²) in [4.78, 5) is 4.05. The number of hydrogen-bond donors (Lipinski definition) is 0. The highest BCUT2D eigenvalue weighted by molar-refractivity contribution is 7.77. The molecule has 22 heavy (non-hydrogen) atoms. The van der Waals surface area contributed by atoms with Gasteiger partial charge in [-0.25, -0.2) is 4.76 Å². The van der Waals surface area contributed by atoms with Crippen LogP contribution >= 0.6 is 7.29 Å². The molecule has 0 atom stereocenters. The van der Waals surface area contributed by atoms with Crippen LogP contribution in [0.25, 0.3) is 0 Å². The van der Waals surface area contributed by atoms with Gasteiger partial charge >= 0.3 is 0 Å². The van der Waals surface area contributed by atoms with Crippen molar-refractivity contribution < 1.29 is 4.57 Å². The van der Waals surface area contributed by atoms with Crippen LogP contribution in [0.4, 0.5) is 0 Å². The molecule has 3 rings (SSSR count). The largest absolute Gasteiger partial charge is 0.288 e. The topological polar surface area (TPSA) is 42.3 Å². The third-order valence-electron chi connectivity index (χ3n) is 3.27. The Morgan fingerprint density at radius 2 is 1.41 bits per heavy atom. The molecular weight excluding hydrogens is 291 g/mol. The fourth-order valence-electron chi connectivity index (χ4n) is 2.14. The van der Waals surface area contributed by atoms with Gasteiger partial charge in [0, 0.05) is 34.8 Å². The van der Waals surface area contributed by atoms with Crippen molar-refractivity contribution in [2.45, 2.75) is 0 Å². The normalized spacial score (nSPS) is 11.6. The SMILES string of the molecule is O=P(/N=C/c1cccnc1)(c1ccccc1)c1ccccc1. The second-order valence-electron chi connectivity index (χ2n) is 4.78. The Kier molecular flexibility index (Phi) is 4.27. The molecule has 1 aromatic heterocycles. The van der Waals surface area contributed by atoms with Gasteiger partial charge in [0.15, 0.2) is 0 Å². The highest BCUT2D eigenvalue weighted by Crippen LogP contribution is 2.44. The van der Waals surface area contributed by atoms with E-state index >= 15 is 0 Å². The number of nitrogens with zero attached hydrogens (tertiary/aromatic N) is 2. The average molecular weight is 306 g/mol. The molecule has 0 saturated carbocycles. The van der Waals surface area contributed by atoms with Crippen LogP contribution in [-0.4, -0.2) is 11.2 Å². The summed E-state index contributed by atoms with van der Waals surface area (Å²) in [5.74, 6) is 0. The fraction of sp³-hybridized carbons (Fsp3) is 0. The third-order valence-corrected chi connectivity index (χ3v) is 5.70. The molecule has 0 unspecified atom stereocenters. The third kappa shape index (κ3) is 3.05. The predicted octanol–water partition coefficient (Wildman–Crippen LogP) is 3.43. The number of hydrogen-bond acceptors (Lipinski definition) is 2. The molecule has 3 aromatic rings. The number of benzene rings is 2.